The van der Waals surface area contributed by atoms with Crippen LogP contribution in [0.1, 0.15) is 58.8 Å². The average Bonchev–Trinajstić information content (AvgIpc) is 2.48. The molecule has 1 fully saturated rings. The molecule has 2 aliphatic rings. The molecule has 1 amide bonds. The normalized spacial score (nSPS) is 23.9. The van der Waals surface area contributed by atoms with Crippen LogP contribution in [0.15, 0.2) is 11.3 Å². The highest BCUT2D eigenvalue weighted by Crippen LogP contribution is 2.33. The highest BCUT2D eigenvalue weighted by atomic mass is 16.5. The number of hydrogen-bond donors (Lipinski definition) is 2. The largest absolute Gasteiger partial charge is 0.498 e. The molecule has 4 heteroatoms. The van der Waals surface area contributed by atoms with E-state index in [1.807, 2.05) is 13.8 Å². The Kier molecular flexibility index (Phi) is 5.08. The summed E-state index contributed by atoms with van der Waals surface area (Å²) < 4.78 is 5.46. The molecular formula is C16H27NO3. The number of aliphatic hydroxyl groups excluding tert-OH is 1. The molecule has 114 valence electrons. The summed E-state index contributed by atoms with van der Waals surface area (Å²) in [6.45, 7) is 4.52. The molecule has 2 rings (SSSR count). The number of allylic oxidation sites excluding steroid dienone is 1. The fraction of sp³-hybridized carbons (Fsp3) is 0.812. The molecule has 1 aliphatic heterocycles. The number of carbonyl (C=O) groups is 1. The van der Waals surface area contributed by atoms with Crippen LogP contribution >= 0.6 is 0 Å². The topological polar surface area (TPSA) is 58.6 Å². The Morgan fingerprint density at radius 3 is 2.65 bits per heavy atom. The molecule has 1 atom stereocenters. The first kappa shape index (κ1) is 15.4. The smallest absolute Gasteiger partial charge is 0.251 e. The van der Waals surface area contributed by atoms with Gasteiger partial charge in [-0.3, -0.25) is 4.79 Å². The van der Waals surface area contributed by atoms with Crippen molar-refractivity contribution in [2.75, 3.05) is 13.2 Å². The van der Waals surface area contributed by atoms with Crippen LogP contribution in [0, 0.1) is 5.92 Å². The fourth-order valence-electron chi connectivity index (χ4n) is 3.36. The summed E-state index contributed by atoms with van der Waals surface area (Å²) in [7, 11) is 0. The number of amides is 1. The molecule has 4 nitrogen and oxygen atoms in total. The summed E-state index contributed by atoms with van der Waals surface area (Å²) in [5, 5.41) is 12.9. The van der Waals surface area contributed by atoms with Gasteiger partial charge in [0.15, 0.2) is 0 Å². The summed E-state index contributed by atoms with van der Waals surface area (Å²) >= 11 is 0. The predicted octanol–water partition coefficient (Wildman–Crippen LogP) is 2.52. The maximum Gasteiger partial charge on any atom is 0.251 e. The van der Waals surface area contributed by atoms with Gasteiger partial charge in [0.2, 0.25) is 0 Å². The summed E-state index contributed by atoms with van der Waals surface area (Å²) in [6, 6.07) is 0. The molecule has 0 unspecified atom stereocenters. The Morgan fingerprint density at radius 2 is 2.05 bits per heavy atom. The molecule has 0 radical (unpaired) electrons. The first-order chi connectivity index (χ1) is 9.57. The summed E-state index contributed by atoms with van der Waals surface area (Å²) in [5.41, 5.74) is 0.231. The van der Waals surface area contributed by atoms with E-state index in [-0.39, 0.29) is 12.5 Å². The molecule has 0 bridgehead atoms. The van der Waals surface area contributed by atoms with Crippen LogP contribution in [0.25, 0.3) is 0 Å². The monoisotopic (exact) mass is 281 g/mol. The van der Waals surface area contributed by atoms with Crippen molar-refractivity contribution >= 4 is 5.91 Å². The SMILES string of the molecule is CC1=C(C(=O)N[C@](C)(CO)C2CCCCC2)CCCO1. The van der Waals surface area contributed by atoms with Crippen molar-refractivity contribution < 1.29 is 14.6 Å². The standard InChI is InChI=1S/C16H27NO3/c1-12-14(9-6-10-20-12)15(19)17-16(2,11-18)13-7-4-3-5-8-13/h13,18H,3-11H2,1-2H3,(H,17,19)/t16-/m1/s1. The summed E-state index contributed by atoms with van der Waals surface area (Å²) in [5.74, 6) is 1.04. The predicted molar refractivity (Wildman–Crippen MR) is 78.1 cm³/mol. The van der Waals surface area contributed by atoms with Crippen LogP contribution in [-0.2, 0) is 9.53 Å². The van der Waals surface area contributed by atoms with E-state index in [9.17, 15) is 9.90 Å². The van der Waals surface area contributed by atoms with Gasteiger partial charge in [-0.25, -0.2) is 0 Å². The highest BCUT2D eigenvalue weighted by Gasteiger charge is 2.36. The minimum atomic E-state index is -0.512. The van der Waals surface area contributed by atoms with E-state index in [1.165, 1.54) is 19.3 Å². The van der Waals surface area contributed by atoms with Gasteiger partial charge in [0.1, 0.15) is 5.76 Å². The second kappa shape index (κ2) is 6.61. The van der Waals surface area contributed by atoms with E-state index in [2.05, 4.69) is 5.32 Å². The zero-order valence-electron chi connectivity index (χ0n) is 12.7. The third kappa shape index (κ3) is 3.35. The minimum absolute atomic E-state index is 0.00338. The summed E-state index contributed by atoms with van der Waals surface area (Å²) in [6.07, 6.45) is 7.49. The Bertz CT molecular complexity index is 385. The van der Waals surface area contributed by atoms with Gasteiger partial charge in [-0.05, 0) is 45.4 Å². The van der Waals surface area contributed by atoms with Crippen molar-refractivity contribution in [3.05, 3.63) is 11.3 Å². The van der Waals surface area contributed by atoms with Gasteiger partial charge in [-0.1, -0.05) is 19.3 Å². The number of ether oxygens (including phenoxy) is 1. The lowest BCUT2D eigenvalue weighted by Gasteiger charge is -2.39. The first-order valence-corrected chi connectivity index (χ1v) is 7.83. The van der Waals surface area contributed by atoms with Crippen molar-refractivity contribution in [2.45, 2.75) is 64.3 Å². The molecule has 0 aromatic rings. The molecule has 1 aliphatic carbocycles. The lowest BCUT2D eigenvalue weighted by molar-refractivity contribution is -0.121. The van der Waals surface area contributed by atoms with Crippen molar-refractivity contribution in [3.63, 3.8) is 0 Å². The van der Waals surface area contributed by atoms with Gasteiger partial charge in [0, 0.05) is 0 Å². The van der Waals surface area contributed by atoms with Gasteiger partial charge >= 0.3 is 0 Å². The van der Waals surface area contributed by atoms with E-state index < -0.39 is 5.54 Å². The van der Waals surface area contributed by atoms with Crippen LogP contribution in [0.4, 0.5) is 0 Å². The van der Waals surface area contributed by atoms with Crippen LogP contribution in [0.3, 0.4) is 0 Å². The Hall–Kier alpha value is -1.03. The molecule has 1 saturated carbocycles. The van der Waals surface area contributed by atoms with Crippen LogP contribution in [-0.4, -0.2) is 29.8 Å². The van der Waals surface area contributed by atoms with Gasteiger partial charge in [0.05, 0.1) is 24.3 Å². The molecule has 0 saturated heterocycles. The molecule has 0 spiro atoms. The number of nitrogens with one attached hydrogen (secondary N) is 1. The Balaban J connectivity index is 2.06. The van der Waals surface area contributed by atoms with Gasteiger partial charge < -0.3 is 15.2 Å². The highest BCUT2D eigenvalue weighted by molar-refractivity contribution is 5.94. The zero-order chi connectivity index (χ0) is 14.6. The quantitative estimate of drug-likeness (QED) is 0.832. The van der Waals surface area contributed by atoms with E-state index in [1.54, 1.807) is 0 Å². The number of hydrogen-bond acceptors (Lipinski definition) is 3. The maximum atomic E-state index is 12.5. The second-order valence-electron chi connectivity index (χ2n) is 6.35. The Morgan fingerprint density at radius 1 is 1.35 bits per heavy atom. The zero-order valence-corrected chi connectivity index (χ0v) is 12.7. The Labute approximate surface area is 121 Å². The third-order valence-electron chi connectivity index (χ3n) is 4.82. The fourth-order valence-corrected chi connectivity index (χ4v) is 3.36. The van der Waals surface area contributed by atoms with Gasteiger partial charge in [-0.15, -0.1) is 0 Å². The lowest BCUT2D eigenvalue weighted by atomic mass is 9.76. The molecule has 20 heavy (non-hydrogen) atoms. The molecule has 2 N–H and O–H groups in total. The van der Waals surface area contributed by atoms with Crippen molar-refractivity contribution in [2.24, 2.45) is 5.92 Å². The molecule has 1 heterocycles. The van der Waals surface area contributed by atoms with Crippen LogP contribution in [0.5, 0.6) is 0 Å². The third-order valence-corrected chi connectivity index (χ3v) is 4.82. The number of rotatable bonds is 4. The molecule has 0 aromatic heterocycles. The van der Waals surface area contributed by atoms with Crippen LogP contribution < -0.4 is 5.32 Å². The second-order valence-corrected chi connectivity index (χ2v) is 6.35. The lowest BCUT2D eigenvalue weighted by Crippen LogP contribution is -2.55. The van der Waals surface area contributed by atoms with E-state index in [4.69, 9.17) is 4.74 Å². The average molecular weight is 281 g/mol. The van der Waals surface area contributed by atoms with Crippen molar-refractivity contribution in [1.82, 2.24) is 5.32 Å². The van der Waals surface area contributed by atoms with Crippen molar-refractivity contribution in [3.8, 4) is 0 Å². The minimum Gasteiger partial charge on any atom is -0.498 e. The van der Waals surface area contributed by atoms with E-state index >= 15 is 0 Å². The van der Waals surface area contributed by atoms with E-state index in [0.29, 0.717) is 12.5 Å². The first-order valence-electron chi connectivity index (χ1n) is 7.83. The van der Waals surface area contributed by atoms with Gasteiger partial charge in [0.25, 0.3) is 5.91 Å². The number of carbonyl (C=O) groups excluding carboxylic acids is 1. The molecular weight excluding hydrogens is 254 g/mol. The van der Waals surface area contributed by atoms with E-state index in [0.717, 1.165) is 37.0 Å². The summed E-state index contributed by atoms with van der Waals surface area (Å²) in [4.78, 5) is 12.5. The van der Waals surface area contributed by atoms with Crippen LogP contribution in [0.2, 0.25) is 0 Å². The number of aliphatic hydroxyl groups is 1. The van der Waals surface area contributed by atoms with Gasteiger partial charge in [-0.2, -0.15) is 0 Å². The van der Waals surface area contributed by atoms with Crippen molar-refractivity contribution in [1.29, 1.82) is 0 Å². The molecule has 0 aromatic carbocycles. The maximum absolute atomic E-state index is 12.5.